The predicted molar refractivity (Wildman–Crippen MR) is 71.9 cm³/mol. The molecule has 0 amide bonds. The second kappa shape index (κ2) is 7.75. The Hall–Kier alpha value is -1.51. The Labute approximate surface area is 109 Å². The molecule has 1 aromatic carbocycles. The fourth-order valence-electron chi connectivity index (χ4n) is 1.64. The summed E-state index contributed by atoms with van der Waals surface area (Å²) in [7, 11) is 0. The van der Waals surface area contributed by atoms with Crippen LogP contribution < -0.4 is 4.74 Å². The fourth-order valence-corrected chi connectivity index (χ4v) is 1.64. The van der Waals surface area contributed by atoms with Crippen molar-refractivity contribution in [3.63, 3.8) is 0 Å². The van der Waals surface area contributed by atoms with E-state index in [0.29, 0.717) is 13.2 Å². The third kappa shape index (κ3) is 4.78. The van der Waals surface area contributed by atoms with Crippen LogP contribution in [-0.2, 0) is 16.0 Å². The normalized spacial score (nSPS) is 10.2. The number of aryl methyl sites for hydroxylation is 1. The standard InChI is InChI=1S/C15H22O3/c1-4-6-9-18-14-10-12(3)7-8-13(14)11-15(16)17-5-2/h7-8,10H,4-6,9,11H2,1-3H3. The Balaban J connectivity index is 2.72. The summed E-state index contributed by atoms with van der Waals surface area (Å²) in [5.74, 6) is 0.596. The lowest BCUT2D eigenvalue weighted by Crippen LogP contribution is -2.09. The van der Waals surface area contributed by atoms with E-state index in [2.05, 4.69) is 6.92 Å². The summed E-state index contributed by atoms with van der Waals surface area (Å²) >= 11 is 0. The van der Waals surface area contributed by atoms with E-state index in [1.807, 2.05) is 32.0 Å². The maximum atomic E-state index is 11.5. The number of hydrogen-bond donors (Lipinski definition) is 0. The first-order valence-electron chi connectivity index (χ1n) is 6.55. The summed E-state index contributed by atoms with van der Waals surface area (Å²) < 4.78 is 10.7. The molecule has 0 atom stereocenters. The summed E-state index contributed by atoms with van der Waals surface area (Å²) in [4.78, 5) is 11.5. The average Bonchev–Trinajstić information content (AvgIpc) is 2.33. The Morgan fingerprint density at radius 1 is 1.28 bits per heavy atom. The van der Waals surface area contributed by atoms with Crippen LogP contribution in [0.5, 0.6) is 5.75 Å². The van der Waals surface area contributed by atoms with Crippen molar-refractivity contribution >= 4 is 5.97 Å². The molecule has 0 aliphatic rings. The van der Waals surface area contributed by atoms with Gasteiger partial charge in [-0.1, -0.05) is 25.5 Å². The largest absolute Gasteiger partial charge is 0.493 e. The van der Waals surface area contributed by atoms with Crippen LogP contribution in [0, 0.1) is 6.92 Å². The Morgan fingerprint density at radius 2 is 2.06 bits per heavy atom. The molecule has 1 rings (SSSR count). The van der Waals surface area contributed by atoms with Crippen LogP contribution in [-0.4, -0.2) is 19.2 Å². The molecular formula is C15H22O3. The van der Waals surface area contributed by atoms with Gasteiger partial charge in [0.25, 0.3) is 0 Å². The van der Waals surface area contributed by atoms with Crippen LogP contribution in [0.15, 0.2) is 18.2 Å². The number of unbranched alkanes of at least 4 members (excludes halogenated alkanes) is 1. The van der Waals surface area contributed by atoms with Crippen molar-refractivity contribution in [2.75, 3.05) is 13.2 Å². The molecule has 0 aliphatic heterocycles. The number of rotatable bonds is 7. The summed E-state index contributed by atoms with van der Waals surface area (Å²) in [6, 6.07) is 5.90. The van der Waals surface area contributed by atoms with Crippen molar-refractivity contribution in [1.29, 1.82) is 0 Å². The van der Waals surface area contributed by atoms with Crippen LogP contribution in [0.1, 0.15) is 37.8 Å². The van der Waals surface area contributed by atoms with E-state index in [4.69, 9.17) is 9.47 Å². The molecule has 100 valence electrons. The second-order valence-corrected chi connectivity index (χ2v) is 4.29. The van der Waals surface area contributed by atoms with Crippen molar-refractivity contribution in [2.45, 2.75) is 40.0 Å². The van der Waals surface area contributed by atoms with Crippen molar-refractivity contribution in [2.24, 2.45) is 0 Å². The van der Waals surface area contributed by atoms with Gasteiger partial charge in [-0.25, -0.2) is 0 Å². The molecule has 3 heteroatoms. The highest BCUT2D eigenvalue weighted by atomic mass is 16.5. The monoisotopic (exact) mass is 250 g/mol. The smallest absolute Gasteiger partial charge is 0.310 e. The van der Waals surface area contributed by atoms with E-state index < -0.39 is 0 Å². The minimum atomic E-state index is -0.207. The predicted octanol–water partition coefficient (Wildman–Crippen LogP) is 3.28. The number of esters is 1. The quantitative estimate of drug-likeness (QED) is 0.550. The Morgan fingerprint density at radius 3 is 2.72 bits per heavy atom. The lowest BCUT2D eigenvalue weighted by atomic mass is 10.1. The number of carbonyl (C=O) groups is 1. The van der Waals surface area contributed by atoms with Crippen molar-refractivity contribution in [1.82, 2.24) is 0 Å². The van der Waals surface area contributed by atoms with Crippen LogP contribution >= 0.6 is 0 Å². The molecule has 1 aromatic rings. The third-order valence-corrected chi connectivity index (χ3v) is 2.62. The van der Waals surface area contributed by atoms with Crippen molar-refractivity contribution in [3.05, 3.63) is 29.3 Å². The molecule has 0 N–H and O–H groups in total. The van der Waals surface area contributed by atoms with Gasteiger partial charge in [0.05, 0.1) is 19.6 Å². The molecule has 0 saturated carbocycles. The highest BCUT2D eigenvalue weighted by Gasteiger charge is 2.10. The van der Waals surface area contributed by atoms with Crippen LogP contribution in [0.2, 0.25) is 0 Å². The zero-order chi connectivity index (χ0) is 13.4. The molecule has 0 bridgehead atoms. The van der Waals surface area contributed by atoms with Crippen LogP contribution in [0.3, 0.4) is 0 Å². The molecule has 0 heterocycles. The number of benzene rings is 1. The molecule has 0 saturated heterocycles. The van der Waals surface area contributed by atoms with Crippen LogP contribution in [0.25, 0.3) is 0 Å². The second-order valence-electron chi connectivity index (χ2n) is 4.29. The van der Waals surface area contributed by atoms with Crippen LogP contribution in [0.4, 0.5) is 0 Å². The highest BCUT2D eigenvalue weighted by molar-refractivity contribution is 5.73. The van der Waals surface area contributed by atoms with Gasteiger partial charge < -0.3 is 9.47 Å². The summed E-state index contributed by atoms with van der Waals surface area (Å²) in [6.45, 7) is 7.05. The van der Waals surface area contributed by atoms with Crippen molar-refractivity contribution in [3.8, 4) is 5.75 Å². The Kier molecular flexibility index (Phi) is 6.26. The first-order valence-corrected chi connectivity index (χ1v) is 6.55. The molecule has 18 heavy (non-hydrogen) atoms. The summed E-state index contributed by atoms with van der Waals surface area (Å²) in [5.41, 5.74) is 2.03. The van der Waals surface area contributed by atoms with E-state index >= 15 is 0 Å². The fraction of sp³-hybridized carbons (Fsp3) is 0.533. The van der Waals surface area contributed by atoms with E-state index in [1.165, 1.54) is 0 Å². The zero-order valence-electron chi connectivity index (χ0n) is 11.5. The molecule has 0 fully saturated rings. The first-order chi connectivity index (χ1) is 8.67. The van der Waals surface area contributed by atoms with E-state index in [9.17, 15) is 4.79 Å². The first kappa shape index (κ1) is 14.6. The maximum absolute atomic E-state index is 11.5. The van der Waals surface area contributed by atoms with Crippen molar-refractivity contribution < 1.29 is 14.3 Å². The van der Waals surface area contributed by atoms with Gasteiger partial charge in [0.15, 0.2) is 0 Å². The summed E-state index contributed by atoms with van der Waals surface area (Å²) in [5, 5.41) is 0. The topological polar surface area (TPSA) is 35.5 Å². The molecule has 0 spiro atoms. The molecule has 0 radical (unpaired) electrons. The molecule has 0 aromatic heterocycles. The highest BCUT2D eigenvalue weighted by Crippen LogP contribution is 2.21. The van der Waals surface area contributed by atoms with Gasteiger partial charge in [-0.05, 0) is 31.9 Å². The van der Waals surface area contributed by atoms with Gasteiger partial charge in [-0.2, -0.15) is 0 Å². The van der Waals surface area contributed by atoms with Gasteiger partial charge in [0, 0.05) is 5.56 Å². The minimum Gasteiger partial charge on any atom is -0.493 e. The van der Waals surface area contributed by atoms with Gasteiger partial charge in [-0.15, -0.1) is 0 Å². The number of carbonyl (C=O) groups excluding carboxylic acids is 1. The minimum absolute atomic E-state index is 0.207. The zero-order valence-corrected chi connectivity index (χ0v) is 11.5. The maximum Gasteiger partial charge on any atom is 0.310 e. The van der Waals surface area contributed by atoms with E-state index in [-0.39, 0.29) is 12.4 Å². The molecule has 0 unspecified atom stereocenters. The van der Waals surface area contributed by atoms with Gasteiger partial charge >= 0.3 is 5.97 Å². The van der Waals surface area contributed by atoms with Gasteiger partial charge in [-0.3, -0.25) is 4.79 Å². The molecule has 3 nitrogen and oxygen atoms in total. The van der Waals surface area contributed by atoms with E-state index in [0.717, 1.165) is 29.7 Å². The Bertz CT molecular complexity index is 385. The van der Waals surface area contributed by atoms with E-state index in [1.54, 1.807) is 0 Å². The summed E-state index contributed by atoms with van der Waals surface area (Å²) in [6.07, 6.45) is 2.39. The molecule has 0 aliphatic carbocycles. The number of hydrogen-bond acceptors (Lipinski definition) is 3. The average molecular weight is 250 g/mol. The lowest BCUT2D eigenvalue weighted by Gasteiger charge is -2.11. The van der Waals surface area contributed by atoms with Gasteiger partial charge in [0.1, 0.15) is 5.75 Å². The number of ether oxygens (including phenoxy) is 2. The van der Waals surface area contributed by atoms with Gasteiger partial charge in [0.2, 0.25) is 0 Å². The SMILES string of the molecule is CCCCOc1cc(C)ccc1CC(=O)OCC. The molecular weight excluding hydrogens is 228 g/mol. The lowest BCUT2D eigenvalue weighted by molar-refractivity contribution is -0.142. The third-order valence-electron chi connectivity index (χ3n) is 2.62.